The lowest BCUT2D eigenvalue weighted by atomic mass is 10.0. The first-order valence-corrected chi connectivity index (χ1v) is 6.86. The molecule has 0 radical (unpaired) electrons. The van der Waals surface area contributed by atoms with Crippen molar-refractivity contribution in [3.8, 4) is 12.3 Å². The second-order valence-corrected chi connectivity index (χ2v) is 4.88. The van der Waals surface area contributed by atoms with Gasteiger partial charge in [-0.25, -0.2) is 0 Å². The summed E-state index contributed by atoms with van der Waals surface area (Å²) in [7, 11) is 0. The highest BCUT2D eigenvalue weighted by Gasteiger charge is 2.04. The number of benzene rings is 1. The molecule has 0 saturated heterocycles. The Bertz CT molecular complexity index is 606. The molecule has 21 heavy (non-hydrogen) atoms. The van der Waals surface area contributed by atoms with Crippen LogP contribution < -0.4 is 0 Å². The average Bonchev–Trinajstić information content (AvgIpc) is 2.48. The van der Waals surface area contributed by atoms with E-state index in [-0.39, 0.29) is 0 Å². The second kappa shape index (κ2) is 7.97. The van der Waals surface area contributed by atoms with Crippen molar-refractivity contribution < 1.29 is 4.74 Å². The molecule has 1 heteroatoms. The van der Waals surface area contributed by atoms with Gasteiger partial charge in [0.15, 0.2) is 0 Å². The Morgan fingerprint density at radius 3 is 2.33 bits per heavy atom. The standard InChI is InChI=1S/C20H22O/c1-7-18-9-11-19(12-10-18)20(8-2)17(6)21-14-13-16(5)15(3)4/h1,8-12H,2-3,5,13-14H2,4,6H3/b20-17-. The zero-order chi connectivity index (χ0) is 15.8. The zero-order valence-electron chi connectivity index (χ0n) is 12.9. The van der Waals surface area contributed by atoms with Gasteiger partial charge in [-0.3, -0.25) is 0 Å². The molecule has 1 rings (SSSR count). The van der Waals surface area contributed by atoms with Crippen LogP contribution in [0.1, 0.15) is 31.4 Å². The van der Waals surface area contributed by atoms with Crippen LogP contribution in [0.3, 0.4) is 0 Å². The van der Waals surface area contributed by atoms with Crippen LogP contribution in [0.4, 0.5) is 0 Å². The van der Waals surface area contributed by atoms with E-state index in [9.17, 15) is 0 Å². The number of hydrogen-bond acceptors (Lipinski definition) is 1. The Hall–Kier alpha value is -2.46. The molecule has 108 valence electrons. The van der Waals surface area contributed by atoms with Gasteiger partial charge in [-0.15, -0.1) is 6.42 Å². The van der Waals surface area contributed by atoms with Crippen molar-refractivity contribution in [1.29, 1.82) is 0 Å². The Kier molecular flexibility index (Phi) is 6.30. The molecule has 0 aliphatic rings. The van der Waals surface area contributed by atoms with E-state index in [2.05, 4.69) is 25.7 Å². The summed E-state index contributed by atoms with van der Waals surface area (Å²) in [5.41, 5.74) is 4.88. The van der Waals surface area contributed by atoms with Crippen molar-refractivity contribution in [1.82, 2.24) is 0 Å². The molecule has 0 aliphatic heterocycles. The lowest BCUT2D eigenvalue weighted by molar-refractivity contribution is 0.220. The molecule has 0 aliphatic carbocycles. The van der Waals surface area contributed by atoms with E-state index in [0.717, 1.165) is 40.0 Å². The van der Waals surface area contributed by atoms with Crippen LogP contribution in [0.2, 0.25) is 0 Å². The summed E-state index contributed by atoms with van der Waals surface area (Å²) < 4.78 is 5.79. The summed E-state index contributed by atoms with van der Waals surface area (Å²) in [6, 6.07) is 7.78. The van der Waals surface area contributed by atoms with Crippen molar-refractivity contribution in [2.24, 2.45) is 0 Å². The third kappa shape index (κ3) is 4.85. The lowest BCUT2D eigenvalue weighted by Gasteiger charge is -2.12. The first-order chi connectivity index (χ1) is 9.99. The topological polar surface area (TPSA) is 9.23 Å². The Morgan fingerprint density at radius 2 is 1.86 bits per heavy atom. The molecule has 0 fully saturated rings. The lowest BCUT2D eigenvalue weighted by Crippen LogP contribution is -1.97. The number of hydrogen-bond donors (Lipinski definition) is 0. The summed E-state index contributed by atoms with van der Waals surface area (Å²) in [6.45, 7) is 16.2. The summed E-state index contributed by atoms with van der Waals surface area (Å²) in [4.78, 5) is 0. The molecule has 1 nitrogen and oxygen atoms in total. The van der Waals surface area contributed by atoms with Crippen LogP contribution in [0.25, 0.3) is 5.57 Å². The van der Waals surface area contributed by atoms with E-state index < -0.39 is 0 Å². The summed E-state index contributed by atoms with van der Waals surface area (Å²) in [5.74, 6) is 3.45. The van der Waals surface area contributed by atoms with E-state index in [0.29, 0.717) is 6.61 Å². The van der Waals surface area contributed by atoms with Gasteiger partial charge in [0.25, 0.3) is 0 Å². The van der Waals surface area contributed by atoms with Gasteiger partial charge in [-0.05, 0) is 37.1 Å². The van der Waals surface area contributed by atoms with Crippen LogP contribution in [-0.2, 0) is 4.74 Å². The van der Waals surface area contributed by atoms with Gasteiger partial charge in [-0.1, -0.05) is 49.4 Å². The summed E-state index contributed by atoms with van der Waals surface area (Å²) in [6.07, 6.45) is 7.93. The fourth-order valence-electron chi connectivity index (χ4n) is 1.83. The molecule has 1 aromatic rings. The van der Waals surface area contributed by atoms with E-state index in [4.69, 9.17) is 11.2 Å². The van der Waals surface area contributed by atoms with Crippen LogP contribution in [-0.4, -0.2) is 6.61 Å². The number of allylic oxidation sites excluding steroid dienone is 4. The molecule has 0 amide bonds. The second-order valence-electron chi connectivity index (χ2n) is 4.88. The molecule has 0 heterocycles. The molecule has 0 N–H and O–H groups in total. The van der Waals surface area contributed by atoms with E-state index in [1.807, 2.05) is 38.1 Å². The summed E-state index contributed by atoms with van der Waals surface area (Å²) >= 11 is 0. The van der Waals surface area contributed by atoms with Gasteiger partial charge in [0, 0.05) is 17.6 Å². The number of rotatable bonds is 7. The van der Waals surface area contributed by atoms with Gasteiger partial charge < -0.3 is 4.74 Å². The third-order valence-electron chi connectivity index (χ3n) is 3.27. The van der Waals surface area contributed by atoms with E-state index in [1.165, 1.54) is 0 Å². The van der Waals surface area contributed by atoms with Crippen LogP contribution in [0, 0.1) is 12.3 Å². The zero-order valence-corrected chi connectivity index (χ0v) is 12.9. The van der Waals surface area contributed by atoms with Crippen molar-refractivity contribution in [3.05, 3.63) is 78.1 Å². The first kappa shape index (κ1) is 16.6. The smallest absolute Gasteiger partial charge is 0.101 e. The fourth-order valence-corrected chi connectivity index (χ4v) is 1.83. The van der Waals surface area contributed by atoms with Crippen molar-refractivity contribution in [3.63, 3.8) is 0 Å². The van der Waals surface area contributed by atoms with Gasteiger partial charge in [-0.2, -0.15) is 0 Å². The normalized spacial score (nSPS) is 11.1. The maximum absolute atomic E-state index is 5.79. The molecule has 0 unspecified atom stereocenters. The molecule has 0 spiro atoms. The maximum atomic E-state index is 5.79. The highest BCUT2D eigenvalue weighted by Crippen LogP contribution is 2.21. The molecule has 1 aromatic carbocycles. The van der Waals surface area contributed by atoms with Gasteiger partial charge >= 0.3 is 0 Å². The predicted octanol–water partition coefficient (Wildman–Crippen LogP) is 5.12. The average molecular weight is 278 g/mol. The molecule has 0 bridgehead atoms. The van der Waals surface area contributed by atoms with Gasteiger partial charge in [0.1, 0.15) is 5.76 Å². The van der Waals surface area contributed by atoms with Crippen LogP contribution in [0.5, 0.6) is 0 Å². The third-order valence-corrected chi connectivity index (χ3v) is 3.27. The van der Waals surface area contributed by atoms with Crippen LogP contribution in [0.15, 0.2) is 67.0 Å². The Labute approximate surface area is 128 Å². The molecular weight excluding hydrogens is 256 g/mol. The van der Waals surface area contributed by atoms with Crippen molar-refractivity contribution in [2.75, 3.05) is 6.61 Å². The summed E-state index contributed by atoms with van der Waals surface area (Å²) in [5, 5.41) is 0. The monoisotopic (exact) mass is 278 g/mol. The first-order valence-electron chi connectivity index (χ1n) is 6.86. The van der Waals surface area contributed by atoms with Gasteiger partial charge in [0.05, 0.1) is 6.61 Å². The van der Waals surface area contributed by atoms with E-state index in [1.54, 1.807) is 6.08 Å². The van der Waals surface area contributed by atoms with Crippen molar-refractivity contribution >= 4 is 5.57 Å². The largest absolute Gasteiger partial charge is 0.497 e. The fraction of sp³-hybridized carbons (Fsp3) is 0.200. The van der Waals surface area contributed by atoms with E-state index >= 15 is 0 Å². The molecular formula is C20H22O. The minimum absolute atomic E-state index is 0.581. The quantitative estimate of drug-likeness (QED) is 0.382. The minimum atomic E-state index is 0.581. The molecule has 0 aromatic heterocycles. The highest BCUT2D eigenvalue weighted by atomic mass is 16.5. The SMILES string of the molecule is C#Cc1ccc(/C(C=C)=C(/C)OCCC(=C)C(=C)C)cc1. The maximum Gasteiger partial charge on any atom is 0.101 e. The minimum Gasteiger partial charge on any atom is -0.497 e. The van der Waals surface area contributed by atoms with Gasteiger partial charge in [0.2, 0.25) is 0 Å². The number of terminal acetylenes is 1. The predicted molar refractivity (Wildman–Crippen MR) is 91.7 cm³/mol. The Balaban J connectivity index is 2.80. The van der Waals surface area contributed by atoms with Crippen LogP contribution >= 0.6 is 0 Å². The Morgan fingerprint density at radius 1 is 1.24 bits per heavy atom. The molecule has 0 saturated carbocycles. The highest BCUT2D eigenvalue weighted by molar-refractivity contribution is 5.75. The number of ether oxygens (including phenoxy) is 1. The molecule has 0 atom stereocenters. The van der Waals surface area contributed by atoms with Crippen molar-refractivity contribution in [2.45, 2.75) is 20.3 Å².